The van der Waals surface area contributed by atoms with Crippen LogP contribution in [0.3, 0.4) is 0 Å². The first-order valence-corrected chi connectivity index (χ1v) is 7.14. The van der Waals surface area contributed by atoms with Crippen molar-refractivity contribution >= 4 is 29.2 Å². The molecule has 0 radical (unpaired) electrons. The largest absolute Gasteiger partial charge is 0.453 e. The van der Waals surface area contributed by atoms with Crippen LogP contribution in [0.1, 0.15) is 20.2 Å². The van der Waals surface area contributed by atoms with Gasteiger partial charge in [0.2, 0.25) is 0 Å². The lowest BCUT2D eigenvalue weighted by molar-refractivity contribution is 0.103. The molecule has 21 heavy (non-hydrogen) atoms. The van der Waals surface area contributed by atoms with Crippen LogP contribution < -0.4 is 5.32 Å². The Morgan fingerprint density at radius 1 is 1.10 bits per heavy atom. The molecule has 1 N–H and O–H groups in total. The number of anilines is 1. The molecule has 2 aromatic heterocycles. The van der Waals surface area contributed by atoms with Gasteiger partial charge in [-0.3, -0.25) is 9.59 Å². The molecule has 1 amide bonds. The van der Waals surface area contributed by atoms with Gasteiger partial charge in [-0.15, -0.1) is 11.3 Å². The average molecular weight is 297 g/mol. The fourth-order valence-corrected chi connectivity index (χ4v) is 2.51. The molecule has 0 fully saturated rings. The van der Waals surface area contributed by atoms with Gasteiger partial charge >= 0.3 is 0 Å². The van der Waals surface area contributed by atoms with E-state index < -0.39 is 0 Å². The third-order valence-corrected chi connectivity index (χ3v) is 3.78. The quantitative estimate of drug-likeness (QED) is 0.738. The van der Waals surface area contributed by atoms with E-state index in [9.17, 15) is 9.59 Å². The Labute approximate surface area is 125 Å². The summed E-state index contributed by atoms with van der Waals surface area (Å²) in [6.07, 6.45) is 0.666. The van der Waals surface area contributed by atoms with Crippen molar-refractivity contribution in [2.24, 2.45) is 0 Å². The van der Waals surface area contributed by atoms with Crippen molar-refractivity contribution in [1.29, 1.82) is 0 Å². The topological polar surface area (TPSA) is 59.3 Å². The number of thiophene rings is 1. The Kier molecular flexibility index (Phi) is 3.66. The van der Waals surface area contributed by atoms with E-state index in [0.717, 1.165) is 5.56 Å². The molecule has 4 nitrogen and oxygen atoms in total. The highest BCUT2D eigenvalue weighted by molar-refractivity contribution is 7.12. The van der Waals surface area contributed by atoms with Crippen molar-refractivity contribution in [3.63, 3.8) is 0 Å². The smallest absolute Gasteiger partial charge is 0.265 e. The predicted molar refractivity (Wildman–Crippen MR) is 81.8 cm³/mol. The van der Waals surface area contributed by atoms with Crippen LogP contribution >= 0.6 is 11.3 Å². The van der Waals surface area contributed by atoms with E-state index in [-0.39, 0.29) is 5.91 Å². The van der Waals surface area contributed by atoms with Gasteiger partial charge in [-0.2, -0.15) is 0 Å². The molecule has 3 aromatic rings. The zero-order valence-corrected chi connectivity index (χ0v) is 11.7. The summed E-state index contributed by atoms with van der Waals surface area (Å²) in [5.41, 5.74) is 1.55. The average Bonchev–Trinajstić information content (AvgIpc) is 3.19. The van der Waals surface area contributed by atoms with Gasteiger partial charge in [0.25, 0.3) is 5.91 Å². The van der Waals surface area contributed by atoms with Crippen molar-refractivity contribution in [3.05, 3.63) is 64.5 Å². The van der Waals surface area contributed by atoms with E-state index in [1.807, 2.05) is 23.6 Å². The molecule has 0 spiro atoms. The van der Waals surface area contributed by atoms with Crippen LogP contribution in [0.2, 0.25) is 0 Å². The second-order valence-corrected chi connectivity index (χ2v) is 5.28. The Bertz CT molecular complexity index is 757. The maximum absolute atomic E-state index is 11.9. The number of hydrogen-bond donors (Lipinski definition) is 1. The lowest BCUT2D eigenvalue weighted by Gasteiger charge is -2.04. The minimum Gasteiger partial charge on any atom is -0.453 e. The van der Waals surface area contributed by atoms with Crippen LogP contribution in [0, 0.1) is 0 Å². The second-order valence-electron chi connectivity index (χ2n) is 4.33. The van der Waals surface area contributed by atoms with Gasteiger partial charge in [0.05, 0.1) is 4.88 Å². The summed E-state index contributed by atoms with van der Waals surface area (Å²) < 4.78 is 5.34. The maximum atomic E-state index is 11.9. The molecule has 1 aromatic carbocycles. The van der Waals surface area contributed by atoms with E-state index in [2.05, 4.69) is 5.32 Å². The molecule has 0 unspecified atom stereocenters. The number of rotatable bonds is 4. The summed E-state index contributed by atoms with van der Waals surface area (Å²) in [5, 5.41) is 4.68. The number of carbonyl (C=O) groups is 2. The molecule has 104 valence electrons. The van der Waals surface area contributed by atoms with Crippen LogP contribution in [0.25, 0.3) is 11.3 Å². The normalized spacial score (nSPS) is 10.3. The van der Waals surface area contributed by atoms with E-state index in [0.29, 0.717) is 28.4 Å². The summed E-state index contributed by atoms with van der Waals surface area (Å²) in [7, 11) is 0. The van der Waals surface area contributed by atoms with Gasteiger partial charge < -0.3 is 9.73 Å². The monoisotopic (exact) mass is 297 g/mol. The van der Waals surface area contributed by atoms with Crippen LogP contribution in [0.4, 0.5) is 5.69 Å². The van der Waals surface area contributed by atoms with E-state index in [1.165, 1.54) is 11.3 Å². The van der Waals surface area contributed by atoms with Crippen molar-refractivity contribution in [3.8, 4) is 11.3 Å². The van der Waals surface area contributed by atoms with Gasteiger partial charge in [0.15, 0.2) is 12.0 Å². The van der Waals surface area contributed by atoms with Crippen molar-refractivity contribution < 1.29 is 14.0 Å². The third-order valence-electron chi connectivity index (χ3n) is 2.92. The fourth-order valence-electron chi connectivity index (χ4n) is 1.89. The number of carbonyl (C=O) groups excluding carboxylic acids is 2. The molecular formula is C16H11NO3S. The Hall–Kier alpha value is -2.66. The van der Waals surface area contributed by atoms with Gasteiger partial charge in [-0.25, -0.2) is 0 Å². The molecular weight excluding hydrogens is 286 g/mol. The highest BCUT2D eigenvalue weighted by Crippen LogP contribution is 2.23. The van der Waals surface area contributed by atoms with Gasteiger partial charge in [-0.05, 0) is 47.8 Å². The summed E-state index contributed by atoms with van der Waals surface area (Å²) in [4.78, 5) is 23.2. The summed E-state index contributed by atoms with van der Waals surface area (Å²) in [5.74, 6) is 0.785. The van der Waals surface area contributed by atoms with Crippen molar-refractivity contribution in [1.82, 2.24) is 0 Å². The van der Waals surface area contributed by atoms with Crippen molar-refractivity contribution in [2.75, 3.05) is 5.32 Å². The van der Waals surface area contributed by atoms with Crippen LogP contribution in [-0.4, -0.2) is 12.2 Å². The molecule has 0 atom stereocenters. The van der Waals surface area contributed by atoms with Crippen LogP contribution in [0.5, 0.6) is 0 Å². The Balaban J connectivity index is 1.75. The number of hydrogen-bond acceptors (Lipinski definition) is 4. The van der Waals surface area contributed by atoms with Gasteiger partial charge in [-0.1, -0.05) is 6.07 Å². The SMILES string of the molecule is O=Cc1ccc(-c2ccc(NC(=O)c3cccs3)cc2)o1. The number of furan rings is 1. The number of aldehydes is 1. The zero-order valence-electron chi connectivity index (χ0n) is 10.9. The minimum absolute atomic E-state index is 0.126. The Morgan fingerprint density at radius 3 is 2.52 bits per heavy atom. The van der Waals surface area contributed by atoms with Crippen LogP contribution in [0.15, 0.2) is 58.3 Å². The maximum Gasteiger partial charge on any atom is 0.265 e. The third kappa shape index (κ3) is 2.93. The number of benzene rings is 1. The summed E-state index contributed by atoms with van der Waals surface area (Å²) in [6.45, 7) is 0. The molecule has 2 heterocycles. The molecule has 3 rings (SSSR count). The lowest BCUT2D eigenvalue weighted by atomic mass is 10.1. The zero-order chi connectivity index (χ0) is 14.7. The summed E-state index contributed by atoms with van der Waals surface area (Å²) >= 11 is 1.40. The molecule has 0 aliphatic heterocycles. The number of nitrogens with one attached hydrogen (secondary N) is 1. The molecule has 0 aliphatic rings. The predicted octanol–water partition coefficient (Wildman–Crippen LogP) is 4.07. The van der Waals surface area contributed by atoms with E-state index >= 15 is 0 Å². The fraction of sp³-hybridized carbons (Fsp3) is 0. The van der Waals surface area contributed by atoms with Crippen LogP contribution in [-0.2, 0) is 0 Å². The molecule has 0 bridgehead atoms. The molecule has 0 aliphatic carbocycles. The first-order valence-electron chi connectivity index (χ1n) is 6.26. The Morgan fingerprint density at radius 2 is 1.90 bits per heavy atom. The highest BCUT2D eigenvalue weighted by atomic mass is 32.1. The molecule has 0 saturated carbocycles. The second kappa shape index (κ2) is 5.76. The number of amides is 1. The lowest BCUT2D eigenvalue weighted by Crippen LogP contribution is -2.09. The van der Waals surface area contributed by atoms with Gasteiger partial charge in [0.1, 0.15) is 5.76 Å². The first kappa shape index (κ1) is 13.3. The molecule has 0 saturated heterocycles. The highest BCUT2D eigenvalue weighted by Gasteiger charge is 2.08. The first-order chi connectivity index (χ1) is 10.3. The molecule has 5 heteroatoms. The van der Waals surface area contributed by atoms with E-state index in [1.54, 1.807) is 30.3 Å². The minimum atomic E-state index is -0.126. The summed E-state index contributed by atoms with van der Waals surface area (Å²) in [6, 6.07) is 14.2. The van der Waals surface area contributed by atoms with Gasteiger partial charge in [0, 0.05) is 11.3 Å². The van der Waals surface area contributed by atoms with Crippen molar-refractivity contribution in [2.45, 2.75) is 0 Å². The standard InChI is InChI=1S/C16H11NO3S/c18-10-13-7-8-14(20-13)11-3-5-12(6-4-11)17-16(19)15-2-1-9-21-15/h1-10H,(H,17,19). The van der Waals surface area contributed by atoms with E-state index in [4.69, 9.17) is 4.42 Å².